The van der Waals surface area contributed by atoms with Gasteiger partial charge in [-0.25, -0.2) is 4.79 Å². The number of halogens is 3. The summed E-state index contributed by atoms with van der Waals surface area (Å²) in [5.74, 6) is -3.42. The number of carbonyl (C=O) groups excluding carboxylic acids is 2. The molecule has 0 fully saturated rings. The van der Waals surface area contributed by atoms with Crippen LogP contribution in [-0.4, -0.2) is 29.2 Å². The van der Waals surface area contributed by atoms with Crippen molar-refractivity contribution in [2.75, 3.05) is 7.11 Å². The van der Waals surface area contributed by atoms with Gasteiger partial charge in [0.25, 0.3) is 5.91 Å². The molecule has 0 heterocycles. The van der Waals surface area contributed by atoms with Gasteiger partial charge in [-0.05, 0) is 29.8 Å². The number of hydrogen-bond donors (Lipinski definition) is 3. The number of esters is 1. The van der Waals surface area contributed by atoms with Crippen LogP contribution in [0, 0.1) is 0 Å². The Kier molecular flexibility index (Phi) is 5.39. The lowest BCUT2D eigenvalue weighted by Gasteiger charge is -2.11. The molecule has 2 rings (SSSR count). The van der Waals surface area contributed by atoms with Crippen molar-refractivity contribution in [1.29, 1.82) is 0 Å². The number of aromatic hydroxyl groups is 2. The van der Waals surface area contributed by atoms with Gasteiger partial charge in [0.1, 0.15) is 5.56 Å². The fourth-order valence-corrected chi connectivity index (χ4v) is 2.17. The Labute approximate surface area is 145 Å². The van der Waals surface area contributed by atoms with E-state index in [0.29, 0.717) is 0 Å². The molecule has 0 aromatic heterocycles. The van der Waals surface area contributed by atoms with Crippen molar-refractivity contribution >= 4 is 11.9 Å². The number of phenolic OH excluding ortho intramolecular Hbond substituents is 2. The molecule has 9 heteroatoms. The molecule has 0 aliphatic heterocycles. The van der Waals surface area contributed by atoms with Gasteiger partial charge < -0.3 is 20.3 Å². The molecule has 2 aromatic rings. The van der Waals surface area contributed by atoms with E-state index in [4.69, 9.17) is 0 Å². The third-order valence-electron chi connectivity index (χ3n) is 3.51. The molecule has 0 spiro atoms. The van der Waals surface area contributed by atoms with Crippen LogP contribution in [0.4, 0.5) is 13.2 Å². The smallest absolute Gasteiger partial charge is 0.416 e. The van der Waals surface area contributed by atoms with Crippen molar-refractivity contribution in [2.24, 2.45) is 0 Å². The molecule has 0 atom stereocenters. The molecule has 0 aliphatic rings. The number of benzene rings is 2. The van der Waals surface area contributed by atoms with Crippen LogP contribution in [0.2, 0.25) is 0 Å². The predicted octanol–water partition coefficient (Wildman–Crippen LogP) is 2.83. The van der Waals surface area contributed by atoms with Crippen molar-refractivity contribution in [3.8, 4) is 11.5 Å². The fourth-order valence-electron chi connectivity index (χ4n) is 2.17. The van der Waals surface area contributed by atoms with E-state index in [1.807, 2.05) is 0 Å². The van der Waals surface area contributed by atoms with Crippen LogP contribution >= 0.6 is 0 Å². The molecule has 1 amide bonds. The van der Waals surface area contributed by atoms with Crippen LogP contribution in [-0.2, 0) is 17.5 Å². The standard InChI is InChI=1S/C17H14F3NO5/c1-26-16(25)12-6-5-11(13(22)14(12)23)15(24)21-8-9-3-2-4-10(7-9)17(18,19)20/h2-7,22-23H,8H2,1H3,(H,21,24). The van der Waals surface area contributed by atoms with Crippen molar-refractivity contribution < 1.29 is 37.7 Å². The lowest BCUT2D eigenvalue weighted by Crippen LogP contribution is -2.23. The number of nitrogens with one attached hydrogen (secondary N) is 1. The van der Waals surface area contributed by atoms with Gasteiger partial charge in [-0.3, -0.25) is 4.79 Å². The normalized spacial score (nSPS) is 11.1. The number of phenols is 2. The highest BCUT2D eigenvalue weighted by molar-refractivity contribution is 6.01. The van der Waals surface area contributed by atoms with Crippen LogP contribution in [0.3, 0.4) is 0 Å². The van der Waals surface area contributed by atoms with Crippen molar-refractivity contribution in [2.45, 2.75) is 12.7 Å². The predicted molar refractivity (Wildman–Crippen MR) is 83.7 cm³/mol. The third kappa shape index (κ3) is 4.05. The number of hydrogen-bond acceptors (Lipinski definition) is 5. The van der Waals surface area contributed by atoms with Crippen LogP contribution < -0.4 is 5.32 Å². The van der Waals surface area contributed by atoms with Gasteiger partial charge in [0.05, 0.1) is 18.2 Å². The monoisotopic (exact) mass is 369 g/mol. The zero-order chi connectivity index (χ0) is 19.5. The molecule has 26 heavy (non-hydrogen) atoms. The van der Waals surface area contributed by atoms with Gasteiger partial charge >= 0.3 is 12.1 Å². The number of rotatable bonds is 4. The summed E-state index contributed by atoms with van der Waals surface area (Å²) in [5, 5.41) is 22.0. The van der Waals surface area contributed by atoms with E-state index >= 15 is 0 Å². The summed E-state index contributed by atoms with van der Waals surface area (Å²) in [6.45, 7) is -0.234. The van der Waals surface area contributed by atoms with Gasteiger partial charge in [0, 0.05) is 6.54 Å². The molecule has 6 nitrogen and oxygen atoms in total. The van der Waals surface area contributed by atoms with Crippen LogP contribution in [0.15, 0.2) is 36.4 Å². The van der Waals surface area contributed by atoms with Crippen LogP contribution in [0.25, 0.3) is 0 Å². The molecule has 3 N–H and O–H groups in total. The number of alkyl halides is 3. The second-order valence-corrected chi connectivity index (χ2v) is 5.23. The van der Waals surface area contributed by atoms with Crippen molar-refractivity contribution in [3.63, 3.8) is 0 Å². The Morgan fingerprint density at radius 3 is 2.31 bits per heavy atom. The summed E-state index contributed by atoms with van der Waals surface area (Å²) in [5.41, 5.74) is -1.34. The lowest BCUT2D eigenvalue weighted by molar-refractivity contribution is -0.137. The molecule has 0 saturated carbocycles. The largest absolute Gasteiger partial charge is 0.504 e. The van der Waals surface area contributed by atoms with Gasteiger partial charge in [-0.2, -0.15) is 13.2 Å². The van der Waals surface area contributed by atoms with E-state index in [2.05, 4.69) is 10.1 Å². The van der Waals surface area contributed by atoms with Crippen LogP contribution in [0.5, 0.6) is 11.5 Å². The first-order valence-electron chi connectivity index (χ1n) is 7.22. The summed E-state index contributed by atoms with van der Waals surface area (Å²) in [4.78, 5) is 23.5. The molecule has 138 valence electrons. The Balaban J connectivity index is 2.16. The summed E-state index contributed by atoms with van der Waals surface area (Å²) < 4.78 is 42.4. The third-order valence-corrected chi connectivity index (χ3v) is 3.51. The maximum absolute atomic E-state index is 12.7. The molecule has 0 unspecified atom stereocenters. The Hall–Kier alpha value is -3.23. The first-order chi connectivity index (χ1) is 12.1. The van der Waals surface area contributed by atoms with E-state index < -0.39 is 35.1 Å². The summed E-state index contributed by atoms with van der Waals surface area (Å²) in [6.07, 6.45) is -4.51. The Bertz CT molecular complexity index is 849. The maximum Gasteiger partial charge on any atom is 0.416 e. The summed E-state index contributed by atoms with van der Waals surface area (Å²) in [6, 6.07) is 6.56. The number of ether oxygens (including phenoxy) is 1. The quantitative estimate of drug-likeness (QED) is 0.569. The fraction of sp³-hybridized carbons (Fsp3) is 0.176. The molecule has 0 aliphatic carbocycles. The van der Waals surface area contributed by atoms with Gasteiger partial charge in [-0.1, -0.05) is 12.1 Å². The molecular formula is C17H14F3NO5. The average Bonchev–Trinajstić information content (AvgIpc) is 2.60. The number of methoxy groups -OCH3 is 1. The summed E-state index contributed by atoms with van der Waals surface area (Å²) in [7, 11) is 1.08. The average molecular weight is 369 g/mol. The molecule has 0 radical (unpaired) electrons. The van der Waals surface area contributed by atoms with Gasteiger partial charge in [0.15, 0.2) is 11.5 Å². The Morgan fingerprint density at radius 1 is 1.08 bits per heavy atom. The highest BCUT2D eigenvalue weighted by Gasteiger charge is 2.30. The molecule has 0 saturated heterocycles. The number of carbonyl (C=O) groups is 2. The van der Waals surface area contributed by atoms with Crippen molar-refractivity contribution in [1.82, 2.24) is 5.32 Å². The molecular weight excluding hydrogens is 355 g/mol. The topological polar surface area (TPSA) is 95.9 Å². The highest BCUT2D eigenvalue weighted by Crippen LogP contribution is 2.33. The van der Waals surface area contributed by atoms with Crippen LogP contribution in [0.1, 0.15) is 31.8 Å². The minimum absolute atomic E-state index is 0.197. The maximum atomic E-state index is 12.7. The van der Waals surface area contributed by atoms with E-state index in [1.165, 1.54) is 12.1 Å². The minimum atomic E-state index is -4.51. The van der Waals surface area contributed by atoms with Gasteiger partial charge in [-0.15, -0.1) is 0 Å². The lowest BCUT2D eigenvalue weighted by atomic mass is 10.1. The highest BCUT2D eigenvalue weighted by atomic mass is 19.4. The first kappa shape index (κ1) is 19.1. The summed E-state index contributed by atoms with van der Waals surface area (Å²) >= 11 is 0. The zero-order valence-corrected chi connectivity index (χ0v) is 13.4. The molecule has 2 aromatic carbocycles. The van der Waals surface area contributed by atoms with Gasteiger partial charge in [0.2, 0.25) is 0 Å². The minimum Gasteiger partial charge on any atom is -0.504 e. The second-order valence-electron chi connectivity index (χ2n) is 5.23. The van der Waals surface area contributed by atoms with Crippen molar-refractivity contribution in [3.05, 3.63) is 58.7 Å². The van der Waals surface area contributed by atoms with E-state index in [0.717, 1.165) is 31.4 Å². The zero-order valence-electron chi connectivity index (χ0n) is 13.4. The number of amides is 1. The van der Waals surface area contributed by atoms with E-state index in [9.17, 15) is 33.0 Å². The van der Waals surface area contributed by atoms with E-state index in [1.54, 1.807) is 0 Å². The molecule has 0 bridgehead atoms. The second kappa shape index (κ2) is 7.34. The Morgan fingerprint density at radius 2 is 1.69 bits per heavy atom. The first-order valence-corrected chi connectivity index (χ1v) is 7.22. The SMILES string of the molecule is COC(=O)c1ccc(C(=O)NCc2cccc(C(F)(F)F)c2)c(O)c1O. The van der Waals surface area contributed by atoms with E-state index in [-0.39, 0.29) is 23.2 Å².